The largest absolute Gasteiger partial charge is 0.457 e. The summed E-state index contributed by atoms with van der Waals surface area (Å²) in [6, 6.07) is 20.7. The molecule has 2 aromatic carbocycles. The molecule has 0 saturated carbocycles. The molecule has 0 aliphatic carbocycles. The molecule has 0 bridgehead atoms. The van der Waals surface area contributed by atoms with E-state index in [9.17, 15) is 9.59 Å². The predicted molar refractivity (Wildman–Crippen MR) is 119 cm³/mol. The maximum atomic E-state index is 13.0. The van der Waals surface area contributed by atoms with E-state index in [1.54, 1.807) is 12.4 Å². The van der Waals surface area contributed by atoms with Crippen molar-refractivity contribution in [3.05, 3.63) is 90.3 Å². The summed E-state index contributed by atoms with van der Waals surface area (Å²) in [6.45, 7) is 1.21. The van der Waals surface area contributed by atoms with Crippen molar-refractivity contribution in [3.63, 3.8) is 0 Å². The monoisotopic (exact) mass is 414 g/mol. The molecule has 158 valence electrons. The van der Waals surface area contributed by atoms with Crippen LogP contribution in [0.25, 0.3) is 0 Å². The first-order valence-electron chi connectivity index (χ1n) is 10.7. The Morgan fingerprint density at radius 2 is 1.74 bits per heavy atom. The van der Waals surface area contributed by atoms with Crippen molar-refractivity contribution in [2.24, 2.45) is 5.92 Å². The zero-order valence-electron chi connectivity index (χ0n) is 17.4. The van der Waals surface area contributed by atoms with Crippen molar-refractivity contribution < 1.29 is 14.3 Å². The Kier molecular flexibility index (Phi) is 6.72. The fourth-order valence-corrected chi connectivity index (χ4v) is 3.92. The van der Waals surface area contributed by atoms with Crippen molar-refractivity contribution >= 4 is 11.7 Å². The number of hydrogen-bond acceptors (Lipinski definition) is 4. The second-order valence-electron chi connectivity index (χ2n) is 7.84. The van der Waals surface area contributed by atoms with Crippen molar-refractivity contribution in [3.8, 4) is 11.5 Å². The van der Waals surface area contributed by atoms with Crippen LogP contribution >= 0.6 is 0 Å². The topological polar surface area (TPSA) is 59.5 Å². The van der Waals surface area contributed by atoms with Crippen molar-refractivity contribution in [2.45, 2.75) is 25.7 Å². The number of benzene rings is 2. The van der Waals surface area contributed by atoms with Crippen molar-refractivity contribution in [2.75, 3.05) is 13.1 Å². The Labute approximate surface area is 182 Å². The van der Waals surface area contributed by atoms with Crippen LogP contribution in [-0.2, 0) is 11.2 Å². The number of Topliss-reactive ketones (excluding diaryl/α,β-unsaturated/α-hetero) is 1. The Morgan fingerprint density at radius 3 is 2.48 bits per heavy atom. The summed E-state index contributed by atoms with van der Waals surface area (Å²) in [5.41, 5.74) is 1.72. The highest BCUT2D eigenvalue weighted by molar-refractivity contribution is 5.98. The molecule has 3 aromatic rings. The smallest absolute Gasteiger partial charge is 0.222 e. The molecule has 0 radical (unpaired) electrons. The number of aromatic nitrogens is 1. The normalized spacial score (nSPS) is 16.0. The van der Waals surface area contributed by atoms with Gasteiger partial charge in [0.05, 0.1) is 0 Å². The molecule has 0 unspecified atom stereocenters. The lowest BCUT2D eigenvalue weighted by molar-refractivity contribution is -0.132. The van der Waals surface area contributed by atoms with E-state index in [4.69, 9.17) is 4.74 Å². The zero-order valence-corrected chi connectivity index (χ0v) is 17.4. The summed E-state index contributed by atoms with van der Waals surface area (Å²) in [5.74, 6) is 1.49. The standard InChI is InChI=1S/C26H26N2O3/c29-25(15-10-20-6-4-16-27-18-20)28-17-5-7-22(19-28)26(30)21-11-13-24(14-12-21)31-23-8-2-1-3-9-23/h1-4,6,8-9,11-14,16,18,22H,5,7,10,15,17,19H2/t22-/m1/s1. The molecular formula is C26H26N2O3. The number of carbonyl (C=O) groups excluding carboxylic acids is 2. The molecular weight excluding hydrogens is 388 g/mol. The predicted octanol–water partition coefficient (Wildman–Crippen LogP) is 4.93. The number of carbonyl (C=O) groups is 2. The van der Waals surface area contributed by atoms with Gasteiger partial charge in [0.25, 0.3) is 0 Å². The molecule has 1 amide bonds. The SMILES string of the molecule is O=C(c1ccc(Oc2ccccc2)cc1)[C@@H]1CCCN(C(=O)CCc2cccnc2)C1. The number of ketones is 1. The molecule has 1 aromatic heterocycles. The quantitative estimate of drug-likeness (QED) is 0.515. The molecule has 31 heavy (non-hydrogen) atoms. The summed E-state index contributed by atoms with van der Waals surface area (Å²) in [6.07, 6.45) is 6.30. The van der Waals surface area contributed by atoms with Crippen LogP contribution in [0.4, 0.5) is 0 Å². The van der Waals surface area contributed by atoms with Gasteiger partial charge in [0.15, 0.2) is 5.78 Å². The fourth-order valence-electron chi connectivity index (χ4n) is 3.92. The number of rotatable bonds is 7. The highest BCUT2D eigenvalue weighted by atomic mass is 16.5. The van der Waals surface area contributed by atoms with Gasteiger partial charge in [0, 0.05) is 43.4 Å². The van der Waals surface area contributed by atoms with Gasteiger partial charge in [-0.1, -0.05) is 24.3 Å². The Balaban J connectivity index is 1.33. The van der Waals surface area contributed by atoms with Crippen LogP contribution in [-0.4, -0.2) is 34.7 Å². The third-order valence-corrected chi connectivity index (χ3v) is 5.61. The molecule has 1 aliphatic heterocycles. The minimum atomic E-state index is -0.156. The Morgan fingerprint density at radius 1 is 0.968 bits per heavy atom. The van der Waals surface area contributed by atoms with Gasteiger partial charge in [-0.25, -0.2) is 0 Å². The average Bonchev–Trinajstić information content (AvgIpc) is 2.84. The van der Waals surface area contributed by atoms with Gasteiger partial charge < -0.3 is 9.64 Å². The van der Waals surface area contributed by atoms with Crippen molar-refractivity contribution in [1.82, 2.24) is 9.88 Å². The minimum absolute atomic E-state index is 0.0935. The number of hydrogen-bond donors (Lipinski definition) is 0. The zero-order chi connectivity index (χ0) is 21.5. The first kappa shape index (κ1) is 20.8. The number of nitrogens with zero attached hydrogens (tertiary/aromatic N) is 2. The molecule has 1 saturated heterocycles. The summed E-state index contributed by atoms with van der Waals surface area (Å²) >= 11 is 0. The van der Waals surface area contributed by atoms with Crippen LogP contribution in [0.1, 0.15) is 35.2 Å². The first-order chi connectivity index (χ1) is 15.2. The first-order valence-corrected chi connectivity index (χ1v) is 10.7. The van der Waals surface area contributed by atoms with Crippen LogP contribution in [0.15, 0.2) is 79.1 Å². The number of para-hydroxylation sites is 1. The van der Waals surface area contributed by atoms with E-state index in [1.807, 2.05) is 71.6 Å². The summed E-state index contributed by atoms with van der Waals surface area (Å²) in [5, 5.41) is 0. The minimum Gasteiger partial charge on any atom is -0.457 e. The molecule has 0 spiro atoms. The summed E-state index contributed by atoms with van der Waals surface area (Å²) < 4.78 is 5.80. The highest BCUT2D eigenvalue weighted by Crippen LogP contribution is 2.25. The van der Waals surface area contributed by atoms with E-state index >= 15 is 0 Å². The summed E-state index contributed by atoms with van der Waals surface area (Å²) in [7, 11) is 0. The third-order valence-electron chi connectivity index (χ3n) is 5.61. The lowest BCUT2D eigenvalue weighted by Gasteiger charge is -2.32. The van der Waals surface area contributed by atoms with Gasteiger partial charge in [-0.05, 0) is 67.3 Å². The molecule has 1 fully saturated rings. The van der Waals surface area contributed by atoms with E-state index in [0.29, 0.717) is 30.7 Å². The number of aryl methyl sites for hydroxylation is 1. The average molecular weight is 415 g/mol. The molecule has 1 atom stereocenters. The van der Waals surface area contributed by atoms with E-state index in [0.717, 1.165) is 30.7 Å². The maximum absolute atomic E-state index is 13.0. The van der Waals surface area contributed by atoms with E-state index in [1.165, 1.54) is 0 Å². The number of piperidine rings is 1. The van der Waals surface area contributed by atoms with E-state index < -0.39 is 0 Å². The van der Waals surface area contributed by atoms with Gasteiger partial charge in [-0.2, -0.15) is 0 Å². The van der Waals surface area contributed by atoms with Crippen LogP contribution in [0, 0.1) is 5.92 Å². The summed E-state index contributed by atoms with van der Waals surface area (Å²) in [4.78, 5) is 31.6. The van der Waals surface area contributed by atoms with Crippen LogP contribution in [0.2, 0.25) is 0 Å². The van der Waals surface area contributed by atoms with E-state index in [2.05, 4.69) is 4.98 Å². The van der Waals surface area contributed by atoms with Crippen LogP contribution in [0.3, 0.4) is 0 Å². The fraction of sp³-hybridized carbons (Fsp3) is 0.269. The van der Waals surface area contributed by atoms with E-state index in [-0.39, 0.29) is 17.6 Å². The Hall–Kier alpha value is -3.47. The highest BCUT2D eigenvalue weighted by Gasteiger charge is 2.28. The van der Waals surface area contributed by atoms with Gasteiger partial charge in [0.2, 0.25) is 5.91 Å². The molecule has 4 rings (SSSR count). The lowest BCUT2D eigenvalue weighted by Crippen LogP contribution is -2.42. The van der Waals surface area contributed by atoms with Gasteiger partial charge >= 0.3 is 0 Å². The molecule has 0 N–H and O–H groups in total. The molecule has 5 nitrogen and oxygen atoms in total. The molecule has 1 aliphatic rings. The number of ether oxygens (including phenoxy) is 1. The lowest BCUT2D eigenvalue weighted by atomic mass is 9.89. The Bertz CT molecular complexity index is 1000. The number of pyridine rings is 1. The second-order valence-corrected chi connectivity index (χ2v) is 7.84. The molecule has 5 heteroatoms. The number of amides is 1. The second kappa shape index (κ2) is 10.0. The van der Waals surface area contributed by atoms with Crippen LogP contribution in [0.5, 0.6) is 11.5 Å². The number of likely N-dealkylation sites (tertiary alicyclic amines) is 1. The van der Waals surface area contributed by atoms with Gasteiger partial charge in [-0.15, -0.1) is 0 Å². The van der Waals surface area contributed by atoms with Crippen molar-refractivity contribution in [1.29, 1.82) is 0 Å². The molecule has 2 heterocycles. The van der Waals surface area contributed by atoms with Crippen LogP contribution < -0.4 is 4.74 Å². The van der Waals surface area contributed by atoms with Gasteiger partial charge in [-0.3, -0.25) is 14.6 Å². The third kappa shape index (κ3) is 5.57. The maximum Gasteiger partial charge on any atom is 0.222 e. The van der Waals surface area contributed by atoms with Gasteiger partial charge in [0.1, 0.15) is 11.5 Å².